The van der Waals surface area contributed by atoms with Gasteiger partial charge in [0, 0.05) is 30.6 Å². The van der Waals surface area contributed by atoms with Crippen molar-refractivity contribution in [2.75, 3.05) is 20.3 Å². The zero-order valence-electron chi connectivity index (χ0n) is 20.7. The third-order valence-electron chi connectivity index (χ3n) is 8.10. The van der Waals surface area contributed by atoms with E-state index in [2.05, 4.69) is 10.5 Å². The second kappa shape index (κ2) is 10.8. The lowest BCUT2D eigenvalue weighted by molar-refractivity contribution is -0.143. The summed E-state index contributed by atoms with van der Waals surface area (Å²) in [7, 11) is 1.57. The van der Waals surface area contributed by atoms with E-state index >= 15 is 0 Å². The molecule has 2 aliphatic heterocycles. The highest BCUT2D eigenvalue weighted by molar-refractivity contribution is 6.06. The molecule has 11 nitrogen and oxygen atoms in total. The molecule has 0 radical (unpaired) electrons. The van der Waals surface area contributed by atoms with E-state index in [1.54, 1.807) is 31.4 Å². The number of rotatable bonds is 6. The molecule has 1 aromatic carbocycles. The Balaban J connectivity index is 1.26. The summed E-state index contributed by atoms with van der Waals surface area (Å²) in [6.07, 6.45) is -0.494. The molecule has 5 rings (SSSR count). The predicted octanol–water partition coefficient (Wildman–Crippen LogP) is 1.21. The van der Waals surface area contributed by atoms with Crippen LogP contribution >= 0.6 is 0 Å². The molecule has 200 valence electrons. The van der Waals surface area contributed by atoms with E-state index in [4.69, 9.17) is 14.2 Å². The zero-order valence-corrected chi connectivity index (χ0v) is 20.7. The van der Waals surface area contributed by atoms with Crippen LogP contribution in [0.5, 0.6) is 5.75 Å². The van der Waals surface area contributed by atoms with Gasteiger partial charge in [0.1, 0.15) is 12.4 Å². The van der Waals surface area contributed by atoms with Crippen molar-refractivity contribution in [3.8, 4) is 5.75 Å². The van der Waals surface area contributed by atoms with Crippen molar-refractivity contribution >= 4 is 23.6 Å². The van der Waals surface area contributed by atoms with Gasteiger partial charge in [0.2, 0.25) is 11.8 Å². The number of carbonyl (C=O) groups is 3. The Labute approximate surface area is 214 Å². The lowest BCUT2D eigenvalue weighted by atomic mass is 9.60. The second-order valence-corrected chi connectivity index (χ2v) is 10.2. The van der Waals surface area contributed by atoms with Gasteiger partial charge in [0.25, 0.3) is 0 Å². The van der Waals surface area contributed by atoms with Gasteiger partial charge >= 0.3 is 6.09 Å². The van der Waals surface area contributed by atoms with Crippen molar-refractivity contribution in [1.82, 2.24) is 10.3 Å². The maximum absolute atomic E-state index is 13.4. The number of imide groups is 1. The standard InChI is InChI=1S/C26H33N3O8/c1-35-15-6-4-14(5-7-15)13-37-26(34)28-27-19-11-20(30)23(31)21-17(19)8-9-18-22(21)25(33)29(24(18)32)12-16-3-2-10-36-16/h4-7,16-18,20-23,30-31H,2-3,8-13H2,1H3,(H,28,34)/b27-19-/t16-,17+,18-,20+,21-,22+,23+/m0/s1. The summed E-state index contributed by atoms with van der Waals surface area (Å²) in [6.45, 7) is 0.886. The van der Waals surface area contributed by atoms with Crippen molar-refractivity contribution in [2.45, 2.75) is 57.0 Å². The number of hydrogen-bond acceptors (Lipinski definition) is 9. The van der Waals surface area contributed by atoms with Crippen LogP contribution in [-0.2, 0) is 25.7 Å². The molecule has 0 aromatic heterocycles. The number of benzene rings is 1. The number of hydrogen-bond donors (Lipinski definition) is 3. The molecule has 11 heteroatoms. The molecule has 1 aromatic rings. The molecule has 2 aliphatic carbocycles. The van der Waals surface area contributed by atoms with Crippen molar-refractivity contribution in [1.29, 1.82) is 0 Å². The number of aliphatic hydroxyl groups is 2. The van der Waals surface area contributed by atoms with Crippen LogP contribution in [0.2, 0.25) is 0 Å². The lowest BCUT2D eigenvalue weighted by Crippen LogP contribution is -2.55. The van der Waals surface area contributed by atoms with E-state index in [0.717, 1.165) is 18.4 Å². The van der Waals surface area contributed by atoms with E-state index in [9.17, 15) is 24.6 Å². The number of carbonyl (C=O) groups excluding carboxylic acids is 3. The number of ether oxygens (including phenoxy) is 3. The number of amides is 3. The minimum absolute atomic E-state index is 0.0367. The van der Waals surface area contributed by atoms with Gasteiger partial charge in [0.05, 0.1) is 43.8 Å². The topological polar surface area (TPSA) is 147 Å². The molecule has 0 spiro atoms. The first kappa shape index (κ1) is 25.6. The number of nitrogens with one attached hydrogen (secondary N) is 1. The van der Waals surface area contributed by atoms with Gasteiger partial charge in [-0.3, -0.25) is 14.5 Å². The first-order chi connectivity index (χ1) is 17.9. The quantitative estimate of drug-likeness (QED) is 0.378. The van der Waals surface area contributed by atoms with E-state index in [0.29, 0.717) is 30.9 Å². The van der Waals surface area contributed by atoms with Crippen LogP contribution < -0.4 is 10.2 Å². The maximum Gasteiger partial charge on any atom is 0.428 e. The van der Waals surface area contributed by atoms with Gasteiger partial charge in [-0.25, -0.2) is 10.2 Å². The monoisotopic (exact) mass is 515 g/mol. The minimum Gasteiger partial charge on any atom is -0.497 e. The summed E-state index contributed by atoms with van der Waals surface area (Å²) in [6, 6.07) is 7.09. The molecular formula is C26H33N3O8. The van der Waals surface area contributed by atoms with Crippen LogP contribution in [0, 0.1) is 23.7 Å². The molecular weight excluding hydrogens is 482 g/mol. The molecule has 4 fully saturated rings. The van der Waals surface area contributed by atoms with Gasteiger partial charge in [-0.1, -0.05) is 12.1 Å². The molecule has 7 atom stereocenters. The summed E-state index contributed by atoms with van der Waals surface area (Å²) in [5, 5.41) is 25.7. The Bertz CT molecular complexity index is 1050. The van der Waals surface area contributed by atoms with Crippen LogP contribution in [-0.4, -0.2) is 77.3 Å². The van der Waals surface area contributed by atoms with Crippen LogP contribution in [0.4, 0.5) is 4.79 Å². The molecule has 2 saturated heterocycles. The molecule has 4 aliphatic rings. The average Bonchev–Trinajstić information content (AvgIpc) is 3.51. The van der Waals surface area contributed by atoms with Gasteiger partial charge in [-0.05, 0) is 43.4 Å². The van der Waals surface area contributed by atoms with Crippen LogP contribution in [0.25, 0.3) is 0 Å². The Hall–Kier alpha value is -3.02. The summed E-state index contributed by atoms with van der Waals surface area (Å²) in [5.74, 6) is -2.12. The number of hydrazone groups is 1. The third-order valence-corrected chi connectivity index (χ3v) is 8.10. The summed E-state index contributed by atoms with van der Waals surface area (Å²) < 4.78 is 16.0. The Morgan fingerprint density at radius 2 is 1.89 bits per heavy atom. The smallest absolute Gasteiger partial charge is 0.428 e. The SMILES string of the molecule is COc1ccc(COC(=O)N/N=C2/C[C@@H](O)[C@@H](O)[C@@H]3[C@@H]4C(=O)N(C[C@@H]5CCCO5)C(=O)[C@H]4CC[C@H]23)cc1. The number of likely N-dealkylation sites (tertiary alicyclic amines) is 1. The van der Waals surface area contributed by atoms with Gasteiger partial charge in [-0.15, -0.1) is 0 Å². The molecule has 37 heavy (non-hydrogen) atoms. The first-order valence-electron chi connectivity index (χ1n) is 12.8. The van der Waals surface area contributed by atoms with Gasteiger partial charge < -0.3 is 24.4 Å². The Morgan fingerprint density at radius 1 is 1.14 bits per heavy atom. The first-order valence-corrected chi connectivity index (χ1v) is 12.8. The van der Waals surface area contributed by atoms with E-state index in [-0.39, 0.29) is 43.4 Å². The van der Waals surface area contributed by atoms with Crippen molar-refractivity contribution in [3.63, 3.8) is 0 Å². The molecule has 2 heterocycles. The molecule has 0 unspecified atom stereocenters. The highest BCUT2D eigenvalue weighted by Gasteiger charge is 2.59. The number of aliphatic hydroxyl groups excluding tert-OH is 2. The highest BCUT2D eigenvalue weighted by atomic mass is 16.6. The normalized spacial score (nSPS) is 34.3. The minimum atomic E-state index is -1.17. The molecule has 3 amide bonds. The van der Waals surface area contributed by atoms with Crippen LogP contribution in [0.15, 0.2) is 29.4 Å². The third kappa shape index (κ3) is 5.07. The van der Waals surface area contributed by atoms with E-state index in [1.165, 1.54) is 4.90 Å². The maximum atomic E-state index is 13.4. The number of fused-ring (bicyclic) bond motifs is 3. The van der Waals surface area contributed by atoms with Crippen molar-refractivity contribution < 1.29 is 38.8 Å². The van der Waals surface area contributed by atoms with Gasteiger partial charge in [-0.2, -0.15) is 5.10 Å². The lowest BCUT2D eigenvalue weighted by Gasteiger charge is -2.45. The fourth-order valence-corrected chi connectivity index (χ4v) is 6.26. The number of methoxy groups -OCH3 is 1. The molecule has 3 N–H and O–H groups in total. The van der Waals surface area contributed by atoms with E-state index in [1.807, 2.05) is 0 Å². The average molecular weight is 516 g/mol. The zero-order chi connectivity index (χ0) is 26.1. The Kier molecular flexibility index (Phi) is 7.45. The largest absolute Gasteiger partial charge is 0.497 e. The van der Waals surface area contributed by atoms with Crippen LogP contribution in [0.3, 0.4) is 0 Å². The van der Waals surface area contributed by atoms with Crippen molar-refractivity contribution in [2.24, 2.45) is 28.8 Å². The second-order valence-electron chi connectivity index (χ2n) is 10.2. The number of nitrogens with zero attached hydrogens (tertiary/aromatic N) is 2. The van der Waals surface area contributed by atoms with E-state index < -0.39 is 36.1 Å². The van der Waals surface area contributed by atoms with Crippen molar-refractivity contribution in [3.05, 3.63) is 29.8 Å². The Morgan fingerprint density at radius 3 is 2.59 bits per heavy atom. The fraction of sp³-hybridized carbons (Fsp3) is 0.615. The molecule has 0 bridgehead atoms. The fourth-order valence-electron chi connectivity index (χ4n) is 6.26. The van der Waals surface area contributed by atoms with Crippen LogP contribution in [0.1, 0.15) is 37.7 Å². The highest BCUT2D eigenvalue weighted by Crippen LogP contribution is 2.49. The summed E-state index contributed by atoms with van der Waals surface area (Å²) in [4.78, 5) is 40.1. The summed E-state index contributed by atoms with van der Waals surface area (Å²) >= 11 is 0. The summed E-state index contributed by atoms with van der Waals surface area (Å²) in [5.41, 5.74) is 3.64. The molecule has 2 saturated carbocycles. The van der Waals surface area contributed by atoms with Gasteiger partial charge in [0.15, 0.2) is 0 Å². The predicted molar refractivity (Wildman–Crippen MR) is 129 cm³/mol.